The number of carbonyl (C=O) groups is 2. The zero-order valence-corrected chi connectivity index (χ0v) is 15.8. The van der Waals surface area contributed by atoms with Crippen molar-refractivity contribution in [1.82, 2.24) is 10.6 Å². The molecule has 0 saturated carbocycles. The first kappa shape index (κ1) is 20.2. The van der Waals surface area contributed by atoms with Crippen molar-refractivity contribution in [1.29, 1.82) is 0 Å². The molecular formula is C21H22N2O6. The summed E-state index contributed by atoms with van der Waals surface area (Å²) in [4.78, 5) is 23.8. The Balaban J connectivity index is 1.46. The summed E-state index contributed by atoms with van der Waals surface area (Å²) in [7, 11) is 0. The molecule has 8 heteroatoms. The number of ether oxygens (including phenoxy) is 3. The molecule has 0 saturated heterocycles. The summed E-state index contributed by atoms with van der Waals surface area (Å²) in [5, 5.41) is 13.5. The quantitative estimate of drug-likeness (QED) is 0.551. The van der Waals surface area contributed by atoms with E-state index >= 15 is 0 Å². The van der Waals surface area contributed by atoms with Crippen LogP contribution >= 0.6 is 0 Å². The lowest BCUT2D eigenvalue weighted by atomic mass is 10.1. The van der Waals surface area contributed by atoms with E-state index in [0.717, 1.165) is 17.1 Å². The van der Waals surface area contributed by atoms with E-state index in [1.54, 1.807) is 24.3 Å². The number of hydrogen-bond donors (Lipinski definition) is 3. The molecular weight excluding hydrogens is 376 g/mol. The van der Waals surface area contributed by atoms with Gasteiger partial charge in [0.1, 0.15) is 5.75 Å². The zero-order chi connectivity index (χ0) is 20.6. The second-order valence-corrected chi connectivity index (χ2v) is 6.22. The predicted molar refractivity (Wildman–Crippen MR) is 105 cm³/mol. The highest BCUT2D eigenvalue weighted by atomic mass is 16.7. The third-order valence-corrected chi connectivity index (χ3v) is 4.15. The van der Waals surface area contributed by atoms with Crippen LogP contribution in [0.2, 0.25) is 0 Å². The first-order valence-electron chi connectivity index (χ1n) is 9.07. The number of nitrogens with one attached hydrogen (secondary N) is 2. The molecule has 8 nitrogen and oxygen atoms in total. The van der Waals surface area contributed by atoms with E-state index in [-0.39, 0.29) is 25.6 Å². The van der Waals surface area contributed by atoms with Gasteiger partial charge in [-0.25, -0.2) is 0 Å². The number of hydrogen-bond acceptors (Lipinski definition) is 6. The molecule has 2 aromatic rings. The van der Waals surface area contributed by atoms with Crippen molar-refractivity contribution in [3.8, 4) is 17.2 Å². The smallest absolute Gasteiger partial charge is 0.267 e. The number of benzene rings is 2. The summed E-state index contributed by atoms with van der Waals surface area (Å²) in [5.74, 6) is 1.11. The second-order valence-electron chi connectivity index (χ2n) is 6.22. The van der Waals surface area contributed by atoms with Crippen LogP contribution in [0.25, 0.3) is 0 Å². The summed E-state index contributed by atoms with van der Waals surface area (Å²) >= 11 is 0. The third kappa shape index (κ3) is 5.49. The van der Waals surface area contributed by atoms with Crippen LogP contribution in [-0.2, 0) is 11.2 Å². The monoisotopic (exact) mass is 398 g/mol. The van der Waals surface area contributed by atoms with Crippen molar-refractivity contribution in [2.45, 2.75) is 6.42 Å². The van der Waals surface area contributed by atoms with Gasteiger partial charge < -0.3 is 30.0 Å². The van der Waals surface area contributed by atoms with Crippen LogP contribution in [0.15, 0.2) is 54.7 Å². The average Bonchev–Trinajstić information content (AvgIpc) is 3.20. The van der Waals surface area contributed by atoms with Crippen LogP contribution in [0.1, 0.15) is 15.9 Å². The molecule has 1 heterocycles. The summed E-state index contributed by atoms with van der Waals surface area (Å²) in [6.45, 7) is 4.12. The van der Waals surface area contributed by atoms with Crippen LogP contribution in [0, 0.1) is 0 Å². The number of rotatable bonds is 9. The molecule has 3 rings (SSSR count). The second kappa shape index (κ2) is 9.61. The SMILES string of the molecule is C=C(NC(=O)c1ccc(OCCc2ccc3c(c2)OCO3)cc1)C(=O)NCCO. The van der Waals surface area contributed by atoms with E-state index in [9.17, 15) is 9.59 Å². The fourth-order valence-corrected chi connectivity index (χ4v) is 2.63. The molecule has 2 amide bonds. The molecule has 0 aliphatic carbocycles. The Labute approximate surface area is 168 Å². The summed E-state index contributed by atoms with van der Waals surface area (Å²) in [5.41, 5.74) is 1.35. The topological polar surface area (TPSA) is 106 Å². The van der Waals surface area contributed by atoms with Gasteiger partial charge in [-0.05, 0) is 42.0 Å². The van der Waals surface area contributed by atoms with Crippen molar-refractivity contribution in [2.24, 2.45) is 0 Å². The van der Waals surface area contributed by atoms with Crippen LogP contribution in [-0.4, -0.2) is 43.5 Å². The lowest BCUT2D eigenvalue weighted by molar-refractivity contribution is -0.117. The molecule has 152 valence electrons. The molecule has 2 aromatic carbocycles. The van der Waals surface area contributed by atoms with Gasteiger partial charge in [0.2, 0.25) is 6.79 Å². The highest BCUT2D eigenvalue weighted by Crippen LogP contribution is 2.32. The van der Waals surface area contributed by atoms with Gasteiger partial charge in [-0.15, -0.1) is 0 Å². The van der Waals surface area contributed by atoms with Crippen LogP contribution in [0.3, 0.4) is 0 Å². The number of amides is 2. The normalized spacial score (nSPS) is 11.6. The maximum Gasteiger partial charge on any atom is 0.267 e. The zero-order valence-electron chi connectivity index (χ0n) is 15.8. The molecule has 0 atom stereocenters. The van der Waals surface area contributed by atoms with Crippen molar-refractivity contribution < 1.29 is 28.9 Å². The van der Waals surface area contributed by atoms with Crippen molar-refractivity contribution in [3.63, 3.8) is 0 Å². The maximum absolute atomic E-state index is 12.2. The number of fused-ring (bicyclic) bond motifs is 1. The molecule has 0 aromatic heterocycles. The van der Waals surface area contributed by atoms with Gasteiger partial charge in [0, 0.05) is 18.5 Å². The fraction of sp³-hybridized carbons (Fsp3) is 0.238. The highest BCUT2D eigenvalue weighted by Gasteiger charge is 2.14. The summed E-state index contributed by atoms with van der Waals surface area (Å²) in [6, 6.07) is 12.3. The third-order valence-electron chi connectivity index (χ3n) is 4.15. The largest absolute Gasteiger partial charge is 0.493 e. The van der Waals surface area contributed by atoms with Gasteiger partial charge in [-0.1, -0.05) is 12.6 Å². The van der Waals surface area contributed by atoms with E-state index < -0.39 is 11.8 Å². The van der Waals surface area contributed by atoms with Gasteiger partial charge in [-0.3, -0.25) is 9.59 Å². The number of aliphatic hydroxyl groups is 1. The predicted octanol–water partition coefficient (Wildman–Crippen LogP) is 1.39. The molecule has 0 unspecified atom stereocenters. The molecule has 0 bridgehead atoms. The minimum Gasteiger partial charge on any atom is -0.493 e. The average molecular weight is 398 g/mol. The van der Waals surface area contributed by atoms with E-state index in [2.05, 4.69) is 17.2 Å². The van der Waals surface area contributed by atoms with E-state index in [4.69, 9.17) is 19.3 Å². The van der Waals surface area contributed by atoms with Gasteiger partial charge >= 0.3 is 0 Å². The van der Waals surface area contributed by atoms with E-state index in [1.165, 1.54) is 0 Å². The molecule has 1 aliphatic rings. The van der Waals surface area contributed by atoms with Crippen LogP contribution in [0.5, 0.6) is 17.2 Å². The molecule has 0 spiro atoms. The number of aliphatic hydroxyl groups excluding tert-OH is 1. The van der Waals surface area contributed by atoms with Crippen LogP contribution < -0.4 is 24.8 Å². The first-order chi connectivity index (χ1) is 14.1. The molecule has 1 aliphatic heterocycles. The van der Waals surface area contributed by atoms with Gasteiger partial charge in [-0.2, -0.15) is 0 Å². The Morgan fingerprint density at radius 2 is 1.86 bits per heavy atom. The summed E-state index contributed by atoms with van der Waals surface area (Å²) in [6.07, 6.45) is 0.696. The maximum atomic E-state index is 12.2. The first-order valence-corrected chi connectivity index (χ1v) is 9.07. The summed E-state index contributed by atoms with van der Waals surface area (Å²) < 4.78 is 16.4. The van der Waals surface area contributed by atoms with Crippen LogP contribution in [0.4, 0.5) is 0 Å². The number of carbonyl (C=O) groups excluding carboxylic acids is 2. The van der Waals surface area contributed by atoms with E-state index in [0.29, 0.717) is 24.3 Å². The van der Waals surface area contributed by atoms with Gasteiger partial charge in [0.15, 0.2) is 11.5 Å². The highest BCUT2D eigenvalue weighted by molar-refractivity contribution is 6.02. The minimum atomic E-state index is -0.545. The Bertz CT molecular complexity index is 895. The Morgan fingerprint density at radius 1 is 1.10 bits per heavy atom. The minimum absolute atomic E-state index is 0.0893. The Kier molecular flexibility index (Phi) is 6.70. The lowest BCUT2D eigenvalue weighted by Crippen LogP contribution is -2.35. The lowest BCUT2D eigenvalue weighted by Gasteiger charge is -2.10. The fourth-order valence-electron chi connectivity index (χ4n) is 2.63. The van der Waals surface area contributed by atoms with Gasteiger partial charge in [0.25, 0.3) is 11.8 Å². The van der Waals surface area contributed by atoms with Crippen molar-refractivity contribution in [3.05, 3.63) is 65.9 Å². The molecule has 29 heavy (non-hydrogen) atoms. The Morgan fingerprint density at radius 3 is 2.62 bits per heavy atom. The molecule has 0 fully saturated rings. The Hall–Kier alpha value is -3.52. The van der Waals surface area contributed by atoms with Crippen molar-refractivity contribution in [2.75, 3.05) is 26.6 Å². The van der Waals surface area contributed by atoms with Gasteiger partial charge in [0.05, 0.1) is 18.9 Å². The van der Waals surface area contributed by atoms with Crippen molar-refractivity contribution >= 4 is 11.8 Å². The standard InChI is InChI=1S/C21H22N2O6/c1-14(20(25)22-9-10-24)23-21(26)16-3-5-17(6-4-16)27-11-8-15-2-7-18-19(12-15)29-13-28-18/h2-7,12,24H,1,8-11,13H2,(H,22,25)(H,23,26). The molecule has 3 N–H and O–H groups in total. The van der Waals surface area contributed by atoms with E-state index in [1.807, 2.05) is 18.2 Å². The molecule has 0 radical (unpaired) electrons.